The van der Waals surface area contributed by atoms with Crippen molar-refractivity contribution in [1.82, 2.24) is 24.6 Å². The third kappa shape index (κ3) is 4.40. The summed E-state index contributed by atoms with van der Waals surface area (Å²) < 4.78 is 6.89. The molecule has 1 fully saturated rings. The van der Waals surface area contributed by atoms with Crippen LogP contribution in [-0.2, 0) is 11.3 Å². The summed E-state index contributed by atoms with van der Waals surface area (Å²) >= 11 is 0. The molecule has 3 aromatic rings. The first-order chi connectivity index (χ1) is 15.1. The van der Waals surface area contributed by atoms with E-state index in [2.05, 4.69) is 20.4 Å². The fourth-order valence-electron chi connectivity index (χ4n) is 3.76. The number of ether oxygens (including phenoxy) is 1. The molecule has 2 amide bonds. The van der Waals surface area contributed by atoms with Gasteiger partial charge in [-0.3, -0.25) is 14.3 Å². The van der Waals surface area contributed by atoms with Gasteiger partial charge in [-0.25, -0.2) is 9.97 Å². The molecule has 0 radical (unpaired) electrons. The highest BCUT2D eigenvalue weighted by Gasteiger charge is 2.32. The Morgan fingerprint density at radius 2 is 2.10 bits per heavy atom. The first kappa shape index (κ1) is 20.5. The lowest BCUT2D eigenvalue weighted by atomic mass is 10.1. The van der Waals surface area contributed by atoms with E-state index in [0.29, 0.717) is 35.1 Å². The number of methoxy groups -OCH3 is 1. The maximum atomic E-state index is 12.8. The van der Waals surface area contributed by atoms with Crippen LogP contribution in [0.2, 0.25) is 0 Å². The summed E-state index contributed by atoms with van der Waals surface area (Å²) in [4.78, 5) is 36.3. The Labute approximate surface area is 180 Å². The second-order valence-electron chi connectivity index (χ2n) is 7.33. The van der Waals surface area contributed by atoms with E-state index in [1.165, 1.54) is 6.20 Å². The lowest BCUT2D eigenvalue weighted by molar-refractivity contribution is -0.133. The van der Waals surface area contributed by atoms with Crippen molar-refractivity contribution in [2.45, 2.75) is 32.4 Å². The number of nitrogens with zero attached hydrogens (tertiary/aromatic N) is 5. The number of likely N-dealkylation sites (tertiary alicyclic amines) is 1. The van der Waals surface area contributed by atoms with Crippen molar-refractivity contribution in [1.29, 1.82) is 0 Å². The van der Waals surface area contributed by atoms with Crippen LogP contribution in [0.25, 0.3) is 0 Å². The predicted molar refractivity (Wildman–Crippen MR) is 114 cm³/mol. The largest absolute Gasteiger partial charge is 0.495 e. The molecule has 2 aromatic heterocycles. The maximum Gasteiger partial charge on any atom is 0.259 e. The zero-order valence-electron chi connectivity index (χ0n) is 17.5. The highest BCUT2D eigenvalue weighted by atomic mass is 16.5. The fourth-order valence-corrected chi connectivity index (χ4v) is 3.76. The van der Waals surface area contributed by atoms with Gasteiger partial charge in [-0.1, -0.05) is 12.1 Å². The quantitative estimate of drug-likeness (QED) is 0.658. The monoisotopic (exact) mass is 420 g/mol. The minimum Gasteiger partial charge on any atom is -0.495 e. The molecule has 1 N–H and O–H groups in total. The van der Waals surface area contributed by atoms with E-state index in [9.17, 15) is 9.59 Å². The number of amides is 2. The number of benzene rings is 1. The van der Waals surface area contributed by atoms with Crippen molar-refractivity contribution in [2.75, 3.05) is 19.0 Å². The summed E-state index contributed by atoms with van der Waals surface area (Å²) in [5.41, 5.74) is 1.51. The molecule has 1 unspecified atom stereocenters. The van der Waals surface area contributed by atoms with Gasteiger partial charge in [-0.05, 0) is 38.0 Å². The van der Waals surface area contributed by atoms with Gasteiger partial charge >= 0.3 is 0 Å². The molecule has 160 valence electrons. The lowest BCUT2D eigenvalue weighted by Crippen LogP contribution is -2.34. The van der Waals surface area contributed by atoms with Crippen LogP contribution in [0.4, 0.5) is 5.69 Å². The van der Waals surface area contributed by atoms with E-state index in [0.717, 1.165) is 12.8 Å². The second-order valence-corrected chi connectivity index (χ2v) is 7.33. The van der Waals surface area contributed by atoms with E-state index in [4.69, 9.17) is 4.74 Å². The van der Waals surface area contributed by atoms with E-state index >= 15 is 0 Å². The van der Waals surface area contributed by atoms with Crippen molar-refractivity contribution in [3.8, 4) is 5.75 Å². The van der Waals surface area contributed by atoms with E-state index in [1.807, 2.05) is 12.1 Å². The van der Waals surface area contributed by atoms with Crippen LogP contribution in [0, 0.1) is 6.92 Å². The van der Waals surface area contributed by atoms with Gasteiger partial charge in [0.2, 0.25) is 5.91 Å². The SMILES string of the molecule is COc1ccccc1NC(=O)c1cnc(C2CCCN2C(=O)Cn2cccn2)nc1C. The zero-order valence-corrected chi connectivity index (χ0v) is 17.5. The molecule has 1 aliphatic heterocycles. The number of aromatic nitrogens is 4. The minimum atomic E-state index is -0.313. The molecule has 0 saturated carbocycles. The van der Waals surface area contributed by atoms with Gasteiger partial charge < -0.3 is 15.0 Å². The molecule has 1 atom stereocenters. The van der Waals surface area contributed by atoms with Gasteiger partial charge in [-0.15, -0.1) is 0 Å². The molecule has 0 bridgehead atoms. The summed E-state index contributed by atoms with van der Waals surface area (Å²) in [7, 11) is 1.55. The normalized spacial score (nSPS) is 15.7. The van der Waals surface area contributed by atoms with Crippen molar-refractivity contribution in [2.24, 2.45) is 0 Å². The third-order valence-electron chi connectivity index (χ3n) is 5.33. The summed E-state index contributed by atoms with van der Waals surface area (Å²) in [5, 5.41) is 6.94. The first-order valence-corrected chi connectivity index (χ1v) is 10.1. The van der Waals surface area contributed by atoms with Gasteiger partial charge in [0.05, 0.1) is 30.1 Å². The number of aryl methyl sites for hydroxylation is 1. The number of anilines is 1. The summed E-state index contributed by atoms with van der Waals surface area (Å²) in [6.07, 6.45) is 6.61. The van der Waals surface area contributed by atoms with Gasteiger partial charge in [-0.2, -0.15) is 5.10 Å². The number of hydrogen-bond acceptors (Lipinski definition) is 6. The molecular weight excluding hydrogens is 396 g/mol. The van der Waals surface area contributed by atoms with Crippen molar-refractivity contribution in [3.05, 3.63) is 66.0 Å². The molecule has 9 heteroatoms. The van der Waals surface area contributed by atoms with Gasteiger partial charge in [0.1, 0.15) is 12.3 Å². The number of para-hydroxylation sites is 2. The molecule has 1 saturated heterocycles. The lowest BCUT2D eigenvalue weighted by Gasteiger charge is -2.24. The Hall–Kier alpha value is -3.75. The van der Waals surface area contributed by atoms with Crippen LogP contribution >= 0.6 is 0 Å². The third-order valence-corrected chi connectivity index (χ3v) is 5.33. The number of hydrogen-bond donors (Lipinski definition) is 1. The highest BCUT2D eigenvalue weighted by Crippen LogP contribution is 2.30. The zero-order chi connectivity index (χ0) is 21.8. The Bertz CT molecular complexity index is 1080. The van der Waals surface area contributed by atoms with Crippen LogP contribution in [0.5, 0.6) is 5.75 Å². The number of nitrogens with one attached hydrogen (secondary N) is 1. The first-order valence-electron chi connectivity index (χ1n) is 10.1. The molecule has 9 nitrogen and oxygen atoms in total. The van der Waals surface area contributed by atoms with Crippen LogP contribution in [0.3, 0.4) is 0 Å². The number of carbonyl (C=O) groups excluding carboxylic acids is 2. The number of carbonyl (C=O) groups is 2. The van der Waals surface area contributed by atoms with E-state index in [1.54, 1.807) is 54.2 Å². The van der Waals surface area contributed by atoms with Crippen LogP contribution < -0.4 is 10.1 Å². The molecule has 3 heterocycles. The average Bonchev–Trinajstić information content (AvgIpc) is 3.46. The highest BCUT2D eigenvalue weighted by molar-refractivity contribution is 6.05. The summed E-state index contributed by atoms with van der Waals surface area (Å²) in [6, 6.07) is 8.78. The minimum absolute atomic E-state index is 0.0227. The van der Waals surface area contributed by atoms with Crippen molar-refractivity contribution < 1.29 is 14.3 Å². The maximum absolute atomic E-state index is 12.8. The second kappa shape index (κ2) is 8.95. The van der Waals surface area contributed by atoms with Gasteiger partial charge in [0.15, 0.2) is 5.82 Å². The van der Waals surface area contributed by atoms with Crippen LogP contribution in [0.15, 0.2) is 48.9 Å². The number of rotatable bonds is 6. The Kier molecular flexibility index (Phi) is 5.92. The molecular formula is C22H24N6O3. The molecule has 31 heavy (non-hydrogen) atoms. The predicted octanol–water partition coefficient (Wildman–Crippen LogP) is 2.61. The standard InChI is InChI=1S/C22H24N6O3/c1-15-16(22(30)26-17-7-3-4-9-19(17)31-2)13-23-21(25-15)18-8-5-12-28(18)20(29)14-27-11-6-10-24-27/h3-4,6-7,9-11,13,18H,5,8,12,14H2,1-2H3,(H,26,30). The topological polar surface area (TPSA) is 102 Å². The molecule has 1 aliphatic rings. The summed E-state index contributed by atoms with van der Waals surface area (Å²) in [6.45, 7) is 2.61. The van der Waals surface area contributed by atoms with Crippen molar-refractivity contribution in [3.63, 3.8) is 0 Å². The van der Waals surface area contributed by atoms with Crippen LogP contribution in [-0.4, -0.2) is 50.1 Å². The van der Waals surface area contributed by atoms with Crippen LogP contribution in [0.1, 0.15) is 40.8 Å². The molecule has 1 aromatic carbocycles. The fraction of sp³-hybridized carbons (Fsp3) is 0.318. The van der Waals surface area contributed by atoms with Gasteiger partial charge in [0.25, 0.3) is 5.91 Å². The van der Waals surface area contributed by atoms with E-state index < -0.39 is 0 Å². The van der Waals surface area contributed by atoms with Gasteiger partial charge in [0, 0.05) is 25.1 Å². The molecule has 0 aliphatic carbocycles. The summed E-state index contributed by atoms with van der Waals surface area (Å²) in [5.74, 6) is 0.790. The smallest absolute Gasteiger partial charge is 0.259 e. The molecule has 4 rings (SSSR count). The Balaban J connectivity index is 1.50. The average molecular weight is 420 g/mol. The van der Waals surface area contributed by atoms with E-state index in [-0.39, 0.29) is 24.4 Å². The molecule has 0 spiro atoms. The van der Waals surface area contributed by atoms with Crippen molar-refractivity contribution >= 4 is 17.5 Å². The Morgan fingerprint density at radius 3 is 2.84 bits per heavy atom. The Morgan fingerprint density at radius 1 is 1.26 bits per heavy atom.